The van der Waals surface area contributed by atoms with Crippen LogP contribution < -0.4 is 10.6 Å². The molecule has 1 aromatic rings. The Bertz CT molecular complexity index is 550. The molecule has 1 atom stereocenters. The van der Waals surface area contributed by atoms with Gasteiger partial charge in [0.05, 0.1) is 12.1 Å². The third kappa shape index (κ3) is 4.67. The molecule has 24 heavy (non-hydrogen) atoms. The summed E-state index contributed by atoms with van der Waals surface area (Å²) in [6.45, 7) is 5.12. The summed E-state index contributed by atoms with van der Waals surface area (Å²) in [5.41, 5.74) is 5.37. The molecule has 0 saturated carbocycles. The fourth-order valence-electron chi connectivity index (χ4n) is 3.11. The molecular weight excluding hydrogens is 421 g/mol. The second-order valence-electron chi connectivity index (χ2n) is 6.41. The Morgan fingerprint density at radius 2 is 1.92 bits per heavy atom. The van der Waals surface area contributed by atoms with Crippen LogP contribution in [0.4, 0.5) is 5.95 Å². The number of hydrogen-bond acceptors (Lipinski definition) is 6. The van der Waals surface area contributed by atoms with Crippen LogP contribution in [-0.4, -0.2) is 89.3 Å². The maximum absolute atomic E-state index is 10.5. The van der Waals surface area contributed by atoms with Crippen molar-refractivity contribution in [2.45, 2.75) is 12.0 Å². The van der Waals surface area contributed by atoms with E-state index in [1.807, 2.05) is 13.1 Å². The minimum absolute atomic E-state index is 0. The Balaban J connectivity index is 0.00000208. The van der Waals surface area contributed by atoms with Gasteiger partial charge in [0.25, 0.3) is 0 Å². The molecule has 3 N–H and O–H groups in total. The summed E-state index contributed by atoms with van der Waals surface area (Å²) >= 11 is 0. The van der Waals surface area contributed by atoms with Gasteiger partial charge in [0.1, 0.15) is 0 Å². The number of halogens is 1. The van der Waals surface area contributed by atoms with Gasteiger partial charge in [0, 0.05) is 51.7 Å². The molecule has 2 aliphatic rings. The van der Waals surface area contributed by atoms with Crippen molar-refractivity contribution in [3.63, 3.8) is 0 Å². The lowest BCUT2D eigenvalue weighted by Crippen LogP contribution is -2.52. The molecule has 8 nitrogen and oxygen atoms in total. The van der Waals surface area contributed by atoms with Crippen LogP contribution in [0, 0.1) is 0 Å². The molecule has 0 aliphatic carbocycles. The number of aliphatic hydroxyl groups is 1. The van der Waals surface area contributed by atoms with Crippen molar-refractivity contribution in [1.29, 1.82) is 0 Å². The van der Waals surface area contributed by atoms with Gasteiger partial charge in [-0.3, -0.25) is 4.99 Å². The van der Waals surface area contributed by atoms with Gasteiger partial charge in [0.15, 0.2) is 5.96 Å². The van der Waals surface area contributed by atoms with Gasteiger partial charge in [-0.1, -0.05) is 0 Å². The number of β-amino-alcohol motifs (C(OH)–C–C–N with tert-alkyl or cyclic N) is 1. The van der Waals surface area contributed by atoms with Crippen LogP contribution in [0.15, 0.2) is 23.5 Å². The third-order valence-corrected chi connectivity index (χ3v) is 4.50. The van der Waals surface area contributed by atoms with Crippen LogP contribution in [0.25, 0.3) is 0 Å². The number of likely N-dealkylation sites (tertiary alicyclic amines) is 1. The molecule has 2 fully saturated rings. The van der Waals surface area contributed by atoms with E-state index >= 15 is 0 Å². The van der Waals surface area contributed by atoms with E-state index < -0.39 is 5.60 Å². The normalized spacial score (nSPS) is 25.7. The maximum atomic E-state index is 10.5. The lowest BCUT2D eigenvalue weighted by Gasteiger charge is -2.35. The Kier molecular flexibility index (Phi) is 6.58. The van der Waals surface area contributed by atoms with Crippen LogP contribution in [0.3, 0.4) is 0 Å². The molecular formula is C15H26IN7O. The number of anilines is 1. The number of guanidine groups is 1. The van der Waals surface area contributed by atoms with E-state index in [9.17, 15) is 5.11 Å². The van der Waals surface area contributed by atoms with E-state index in [-0.39, 0.29) is 24.0 Å². The Morgan fingerprint density at radius 3 is 2.50 bits per heavy atom. The summed E-state index contributed by atoms with van der Waals surface area (Å²) in [5.74, 6) is 1.27. The molecule has 0 bridgehead atoms. The van der Waals surface area contributed by atoms with Gasteiger partial charge >= 0.3 is 0 Å². The molecule has 1 aromatic heterocycles. The molecule has 0 amide bonds. The molecule has 3 rings (SSSR count). The molecule has 0 spiro atoms. The summed E-state index contributed by atoms with van der Waals surface area (Å²) in [6, 6.07) is 1.82. The lowest BCUT2D eigenvalue weighted by atomic mass is 10.0. The highest BCUT2D eigenvalue weighted by molar-refractivity contribution is 14.0. The first kappa shape index (κ1) is 19.1. The number of piperazine rings is 1. The van der Waals surface area contributed by atoms with Gasteiger partial charge in [0.2, 0.25) is 5.95 Å². The topological polar surface area (TPSA) is 94.1 Å². The highest BCUT2D eigenvalue weighted by Gasteiger charge is 2.34. The molecule has 2 saturated heterocycles. The van der Waals surface area contributed by atoms with Crippen molar-refractivity contribution >= 4 is 35.9 Å². The SMILES string of the molecule is CN1CCC(O)(CN=C(N)N2CCN(c3ncccn3)CC2)C1.I. The summed E-state index contributed by atoms with van der Waals surface area (Å²) in [7, 11) is 2.01. The van der Waals surface area contributed by atoms with Crippen molar-refractivity contribution in [3.05, 3.63) is 18.5 Å². The molecule has 1 unspecified atom stereocenters. The molecule has 3 heterocycles. The second kappa shape index (κ2) is 8.26. The smallest absolute Gasteiger partial charge is 0.225 e. The molecule has 0 radical (unpaired) electrons. The molecule has 9 heteroatoms. The molecule has 134 valence electrons. The molecule has 2 aliphatic heterocycles. The standard InChI is InChI=1S/C15H25N7O.HI/c1-20-6-3-15(23,12-20)11-19-13(16)21-7-9-22(10-8-21)14-17-4-2-5-18-14;/h2,4-5,23H,3,6-12H2,1H3,(H2,16,19);1H. The largest absolute Gasteiger partial charge is 0.387 e. The van der Waals surface area contributed by atoms with Gasteiger partial charge < -0.3 is 25.5 Å². The quantitative estimate of drug-likeness (QED) is 0.370. The van der Waals surface area contributed by atoms with E-state index in [0.29, 0.717) is 19.0 Å². The van der Waals surface area contributed by atoms with Gasteiger partial charge in [-0.15, -0.1) is 24.0 Å². The van der Waals surface area contributed by atoms with Gasteiger partial charge in [-0.05, 0) is 19.5 Å². The number of nitrogens with two attached hydrogens (primary N) is 1. The zero-order valence-corrected chi connectivity index (χ0v) is 16.3. The first-order valence-corrected chi connectivity index (χ1v) is 8.03. The second-order valence-corrected chi connectivity index (χ2v) is 6.41. The van der Waals surface area contributed by atoms with E-state index in [1.54, 1.807) is 12.4 Å². The number of nitrogens with zero attached hydrogens (tertiary/aromatic N) is 6. The first-order valence-electron chi connectivity index (χ1n) is 8.03. The van der Waals surface area contributed by atoms with Crippen LogP contribution >= 0.6 is 24.0 Å². The summed E-state index contributed by atoms with van der Waals surface area (Å²) in [5, 5.41) is 10.5. The van der Waals surface area contributed by atoms with Crippen molar-refractivity contribution < 1.29 is 5.11 Å². The first-order chi connectivity index (χ1) is 11.1. The predicted octanol–water partition coefficient (Wildman–Crippen LogP) is -0.402. The highest BCUT2D eigenvalue weighted by atomic mass is 127. The van der Waals surface area contributed by atoms with Crippen molar-refractivity contribution in [2.75, 3.05) is 57.8 Å². The predicted molar refractivity (Wildman–Crippen MR) is 105 cm³/mol. The Labute approximate surface area is 159 Å². The average molecular weight is 447 g/mol. The minimum atomic E-state index is -0.737. The van der Waals surface area contributed by atoms with Gasteiger partial charge in [-0.25, -0.2) is 9.97 Å². The van der Waals surface area contributed by atoms with E-state index in [2.05, 4.69) is 29.7 Å². The average Bonchev–Trinajstić information content (AvgIpc) is 2.93. The summed E-state index contributed by atoms with van der Waals surface area (Å²) in [6.07, 6.45) is 4.26. The fourth-order valence-corrected chi connectivity index (χ4v) is 3.11. The lowest BCUT2D eigenvalue weighted by molar-refractivity contribution is 0.0611. The Morgan fingerprint density at radius 1 is 1.25 bits per heavy atom. The van der Waals surface area contributed by atoms with Crippen LogP contribution in [0.2, 0.25) is 0 Å². The summed E-state index contributed by atoms with van der Waals surface area (Å²) < 4.78 is 0. The number of likely N-dealkylation sites (N-methyl/N-ethyl adjacent to an activating group) is 1. The molecule has 0 aromatic carbocycles. The monoisotopic (exact) mass is 447 g/mol. The zero-order valence-electron chi connectivity index (χ0n) is 14.0. The van der Waals surface area contributed by atoms with E-state index in [4.69, 9.17) is 5.73 Å². The summed E-state index contributed by atoms with van der Waals surface area (Å²) in [4.78, 5) is 19.3. The van der Waals surface area contributed by atoms with Crippen molar-refractivity contribution in [2.24, 2.45) is 10.7 Å². The van der Waals surface area contributed by atoms with E-state index in [0.717, 1.165) is 45.1 Å². The van der Waals surface area contributed by atoms with Crippen LogP contribution in [0.1, 0.15) is 6.42 Å². The zero-order chi connectivity index (χ0) is 16.3. The third-order valence-electron chi connectivity index (χ3n) is 4.50. The van der Waals surface area contributed by atoms with E-state index in [1.165, 1.54) is 0 Å². The fraction of sp³-hybridized carbons (Fsp3) is 0.667. The van der Waals surface area contributed by atoms with Crippen molar-refractivity contribution in [3.8, 4) is 0 Å². The minimum Gasteiger partial charge on any atom is -0.387 e. The highest BCUT2D eigenvalue weighted by Crippen LogP contribution is 2.20. The van der Waals surface area contributed by atoms with Gasteiger partial charge in [-0.2, -0.15) is 0 Å². The van der Waals surface area contributed by atoms with Crippen molar-refractivity contribution in [1.82, 2.24) is 19.8 Å². The van der Waals surface area contributed by atoms with Crippen LogP contribution in [0.5, 0.6) is 0 Å². The maximum Gasteiger partial charge on any atom is 0.225 e. The number of rotatable bonds is 3. The number of hydrogen-bond donors (Lipinski definition) is 2. The number of aromatic nitrogens is 2. The Hall–Kier alpha value is -1.20. The number of aliphatic imine (C=N–C) groups is 1. The van der Waals surface area contributed by atoms with Crippen LogP contribution in [-0.2, 0) is 0 Å².